The highest BCUT2D eigenvalue weighted by Crippen LogP contribution is 2.17. The molecule has 0 radical (unpaired) electrons. The lowest BCUT2D eigenvalue weighted by Crippen LogP contribution is -2.27. The maximum atomic E-state index is 11.3. The van der Waals surface area contributed by atoms with Crippen LogP contribution >= 0.6 is 0 Å². The first-order valence-electron chi connectivity index (χ1n) is 6.53. The summed E-state index contributed by atoms with van der Waals surface area (Å²) in [7, 11) is -3.10. The highest BCUT2D eigenvalue weighted by molar-refractivity contribution is 7.89. The number of fused-ring (bicyclic) bond motifs is 1. The van der Waals surface area contributed by atoms with E-state index in [4.69, 9.17) is 0 Å². The van der Waals surface area contributed by atoms with Gasteiger partial charge >= 0.3 is 0 Å². The smallest absolute Gasteiger partial charge is 0.211 e. The van der Waals surface area contributed by atoms with Crippen molar-refractivity contribution in [3.63, 3.8) is 0 Å². The molecule has 0 spiro atoms. The van der Waals surface area contributed by atoms with Crippen LogP contribution in [0.1, 0.15) is 13.3 Å². The third-order valence-corrected chi connectivity index (χ3v) is 4.29. The van der Waals surface area contributed by atoms with Gasteiger partial charge in [-0.1, -0.05) is 12.1 Å². The summed E-state index contributed by atoms with van der Waals surface area (Å²) < 4.78 is 25.0. The van der Waals surface area contributed by atoms with Crippen molar-refractivity contribution in [1.29, 1.82) is 0 Å². The summed E-state index contributed by atoms with van der Waals surface area (Å²) in [6, 6.07) is 7.75. The van der Waals surface area contributed by atoms with Crippen LogP contribution in [-0.4, -0.2) is 37.2 Å². The molecule has 0 saturated heterocycles. The number of nitrogens with one attached hydrogen (secondary N) is 2. The van der Waals surface area contributed by atoms with Crippen LogP contribution in [0.2, 0.25) is 0 Å². The molecule has 0 unspecified atom stereocenters. The Balaban J connectivity index is 1.88. The average Bonchev–Trinajstić information content (AvgIpc) is 2.47. The predicted octanol–water partition coefficient (Wildman–Crippen LogP) is 1.37. The SMILES string of the molecule is CCS(=O)(=O)NCCCNc1ncnc2ccccc12. The highest BCUT2D eigenvalue weighted by Gasteiger charge is 2.05. The summed E-state index contributed by atoms with van der Waals surface area (Å²) in [5.41, 5.74) is 0.886. The summed E-state index contributed by atoms with van der Waals surface area (Å²) in [5.74, 6) is 0.880. The van der Waals surface area contributed by atoms with E-state index >= 15 is 0 Å². The van der Waals surface area contributed by atoms with Crippen LogP contribution in [0.3, 0.4) is 0 Å². The number of anilines is 1. The van der Waals surface area contributed by atoms with Crippen molar-refractivity contribution in [1.82, 2.24) is 14.7 Å². The van der Waals surface area contributed by atoms with Gasteiger partial charge in [0.15, 0.2) is 0 Å². The molecular formula is C13H18N4O2S. The number of aromatic nitrogens is 2. The number of sulfonamides is 1. The lowest BCUT2D eigenvalue weighted by molar-refractivity contribution is 0.581. The van der Waals surface area contributed by atoms with Crippen molar-refractivity contribution in [2.24, 2.45) is 0 Å². The molecule has 1 aromatic heterocycles. The van der Waals surface area contributed by atoms with E-state index in [1.807, 2.05) is 24.3 Å². The van der Waals surface area contributed by atoms with Gasteiger partial charge in [-0.15, -0.1) is 0 Å². The number of para-hydroxylation sites is 1. The molecule has 20 heavy (non-hydrogen) atoms. The molecule has 6 nitrogen and oxygen atoms in total. The molecule has 0 saturated carbocycles. The molecule has 7 heteroatoms. The van der Waals surface area contributed by atoms with E-state index in [0.717, 1.165) is 16.7 Å². The second-order valence-electron chi connectivity index (χ2n) is 4.32. The van der Waals surface area contributed by atoms with E-state index in [1.54, 1.807) is 6.92 Å². The molecule has 2 rings (SSSR count). The normalized spacial score (nSPS) is 11.7. The van der Waals surface area contributed by atoms with Crippen molar-refractivity contribution in [3.05, 3.63) is 30.6 Å². The van der Waals surface area contributed by atoms with Crippen molar-refractivity contribution < 1.29 is 8.42 Å². The van der Waals surface area contributed by atoms with Gasteiger partial charge in [0.05, 0.1) is 11.3 Å². The Hall–Kier alpha value is -1.73. The zero-order valence-electron chi connectivity index (χ0n) is 11.3. The zero-order valence-corrected chi connectivity index (χ0v) is 12.2. The van der Waals surface area contributed by atoms with Gasteiger partial charge in [-0.25, -0.2) is 23.1 Å². The summed E-state index contributed by atoms with van der Waals surface area (Å²) in [5, 5.41) is 4.17. The Labute approximate surface area is 118 Å². The topological polar surface area (TPSA) is 84.0 Å². The van der Waals surface area contributed by atoms with Crippen molar-refractivity contribution in [2.75, 3.05) is 24.2 Å². The molecule has 1 aromatic carbocycles. The van der Waals surface area contributed by atoms with Gasteiger partial charge in [0.2, 0.25) is 10.0 Å². The molecule has 0 fully saturated rings. The summed E-state index contributed by atoms with van der Waals surface area (Å²) in [6.45, 7) is 2.69. The van der Waals surface area contributed by atoms with Gasteiger partial charge in [-0.05, 0) is 25.5 Å². The van der Waals surface area contributed by atoms with Gasteiger partial charge < -0.3 is 5.32 Å². The minimum absolute atomic E-state index is 0.108. The first-order chi connectivity index (χ1) is 9.62. The Bertz CT molecular complexity index is 668. The van der Waals surface area contributed by atoms with Crippen LogP contribution in [-0.2, 0) is 10.0 Å². The van der Waals surface area contributed by atoms with Crippen LogP contribution in [0, 0.1) is 0 Å². The van der Waals surface area contributed by atoms with Crippen molar-refractivity contribution >= 4 is 26.7 Å². The standard InChI is InChI=1S/C13H18N4O2S/c1-2-20(18,19)17-9-5-8-14-13-11-6-3-4-7-12(11)15-10-16-13/h3-4,6-7,10,17H,2,5,8-9H2,1H3,(H,14,15,16). The van der Waals surface area contributed by atoms with Crippen LogP contribution in [0.25, 0.3) is 10.9 Å². The Kier molecular flexibility index (Phi) is 4.86. The fourth-order valence-corrected chi connectivity index (χ4v) is 2.43. The summed E-state index contributed by atoms with van der Waals surface area (Å²) in [6.07, 6.45) is 2.21. The van der Waals surface area contributed by atoms with Crippen LogP contribution in [0.15, 0.2) is 30.6 Å². The molecule has 2 aromatic rings. The fraction of sp³-hybridized carbons (Fsp3) is 0.385. The van der Waals surface area contributed by atoms with Crippen LogP contribution in [0.4, 0.5) is 5.82 Å². The molecule has 2 N–H and O–H groups in total. The third-order valence-electron chi connectivity index (χ3n) is 2.89. The molecule has 0 aliphatic carbocycles. The van der Waals surface area contributed by atoms with Gasteiger partial charge in [-0.3, -0.25) is 0 Å². The van der Waals surface area contributed by atoms with E-state index < -0.39 is 10.0 Å². The molecular weight excluding hydrogens is 276 g/mol. The maximum absolute atomic E-state index is 11.3. The van der Waals surface area contributed by atoms with Gasteiger partial charge in [0.1, 0.15) is 12.1 Å². The van der Waals surface area contributed by atoms with Gasteiger partial charge in [0, 0.05) is 18.5 Å². The van der Waals surface area contributed by atoms with Crippen LogP contribution < -0.4 is 10.0 Å². The van der Waals surface area contributed by atoms with Gasteiger partial charge in [0.25, 0.3) is 0 Å². The summed E-state index contributed by atoms with van der Waals surface area (Å²) >= 11 is 0. The highest BCUT2D eigenvalue weighted by atomic mass is 32.2. The number of hydrogen-bond donors (Lipinski definition) is 2. The lowest BCUT2D eigenvalue weighted by Gasteiger charge is -2.08. The first-order valence-corrected chi connectivity index (χ1v) is 8.18. The number of rotatable bonds is 7. The predicted molar refractivity (Wildman–Crippen MR) is 80.1 cm³/mol. The second kappa shape index (κ2) is 6.62. The zero-order chi connectivity index (χ0) is 14.4. The van der Waals surface area contributed by atoms with E-state index in [2.05, 4.69) is 20.0 Å². The average molecular weight is 294 g/mol. The number of hydrogen-bond acceptors (Lipinski definition) is 5. The van der Waals surface area contributed by atoms with E-state index in [0.29, 0.717) is 19.5 Å². The Morgan fingerprint density at radius 2 is 1.95 bits per heavy atom. The molecule has 0 amide bonds. The van der Waals surface area contributed by atoms with Crippen LogP contribution in [0.5, 0.6) is 0 Å². The number of nitrogens with zero attached hydrogens (tertiary/aromatic N) is 2. The second-order valence-corrected chi connectivity index (χ2v) is 6.41. The van der Waals surface area contributed by atoms with E-state index in [9.17, 15) is 8.42 Å². The summed E-state index contributed by atoms with van der Waals surface area (Å²) in [4.78, 5) is 8.40. The molecule has 108 valence electrons. The van der Waals surface area contributed by atoms with E-state index in [1.165, 1.54) is 6.33 Å². The van der Waals surface area contributed by atoms with Crippen molar-refractivity contribution in [2.45, 2.75) is 13.3 Å². The molecule has 1 heterocycles. The quantitative estimate of drug-likeness (QED) is 0.754. The Morgan fingerprint density at radius 3 is 2.75 bits per heavy atom. The van der Waals surface area contributed by atoms with E-state index in [-0.39, 0.29) is 5.75 Å². The molecule has 0 bridgehead atoms. The Morgan fingerprint density at radius 1 is 1.15 bits per heavy atom. The van der Waals surface area contributed by atoms with Crippen molar-refractivity contribution in [3.8, 4) is 0 Å². The third kappa shape index (κ3) is 3.88. The fourth-order valence-electron chi connectivity index (χ4n) is 1.77. The largest absolute Gasteiger partial charge is 0.369 e. The van der Waals surface area contributed by atoms with Gasteiger partial charge in [-0.2, -0.15) is 0 Å². The minimum atomic E-state index is -3.10. The maximum Gasteiger partial charge on any atom is 0.211 e. The lowest BCUT2D eigenvalue weighted by atomic mass is 10.2. The first kappa shape index (κ1) is 14.7. The minimum Gasteiger partial charge on any atom is -0.369 e. The number of benzene rings is 1. The monoisotopic (exact) mass is 294 g/mol. The molecule has 0 aliphatic rings. The molecule has 0 aliphatic heterocycles. The molecule has 0 atom stereocenters.